The Labute approximate surface area is 161 Å². The number of hydrogen-bond acceptors (Lipinski definition) is 4. The number of carbonyl (C=O) groups is 3. The molecule has 7 heteroatoms. The molecule has 0 spiro atoms. The number of anilines is 1. The maximum atomic E-state index is 12.9. The van der Waals surface area contributed by atoms with E-state index in [0.29, 0.717) is 28.3 Å². The minimum Gasteiger partial charge on any atom is -0.433 e. The van der Waals surface area contributed by atoms with Crippen molar-refractivity contribution in [3.05, 3.63) is 64.2 Å². The van der Waals surface area contributed by atoms with E-state index in [0.717, 1.165) is 5.56 Å². The van der Waals surface area contributed by atoms with E-state index in [4.69, 9.17) is 16.3 Å². The van der Waals surface area contributed by atoms with Crippen LogP contribution in [0, 0.1) is 6.92 Å². The van der Waals surface area contributed by atoms with Gasteiger partial charge in [0.15, 0.2) is 0 Å². The van der Waals surface area contributed by atoms with Crippen molar-refractivity contribution in [3.63, 3.8) is 0 Å². The molecule has 2 aromatic rings. The van der Waals surface area contributed by atoms with Crippen molar-refractivity contribution in [3.8, 4) is 0 Å². The van der Waals surface area contributed by atoms with E-state index in [9.17, 15) is 14.4 Å². The quantitative estimate of drug-likeness (QED) is 0.822. The molecule has 138 valence electrons. The van der Waals surface area contributed by atoms with Gasteiger partial charge >= 0.3 is 5.97 Å². The number of aryl methyl sites for hydroxylation is 1. The molecule has 27 heavy (non-hydrogen) atoms. The van der Waals surface area contributed by atoms with Crippen molar-refractivity contribution < 1.29 is 19.1 Å². The van der Waals surface area contributed by atoms with Crippen molar-refractivity contribution in [1.29, 1.82) is 0 Å². The number of likely N-dealkylation sites (tertiary alicyclic amines) is 1. The molecule has 0 aromatic heterocycles. The van der Waals surface area contributed by atoms with Crippen molar-refractivity contribution in [2.24, 2.45) is 0 Å². The number of amides is 2. The first-order valence-corrected chi connectivity index (χ1v) is 9.01. The van der Waals surface area contributed by atoms with Gasteiger partial charge in [-0.3, -0.25) is 14.5 Å². The average Bonchev–Trinajstić information content (AvgIpc) is 3.18. The fourth-order valence-electron chi connectivity index (χ4n) is 3.53. The average molecular weight is 385 g/mol. The fourth-order valence-corrected chi connectivity index (χ4v) is 3.70. The van der Waals surface area contributed by atoms with Gasteiger partial charge in [0.2, 0.25) is 18.0 Å². The lowest BCUT2D eigenvalue weighted by molar-refractivity contribution is -0.144. The molecule has 0 radical (unpaired) electrons. The molecule has 0 unspecified atom stereocenters. The zero-order valence-corrected chi connectivity index (χ0v) is 15.3. The summed E-state index contributed by atoms with van der Waals surface area (Å²) in [4.78, 5) is 38.9. The molecule has 0 saturated carbocycles. The van der Waals surface area contributed by atoms with Crippen LogP contribution in [0.2, 0.25) is 5.02 Å². The number of cyclic esters (lactones) is 1. The largest absolute Gasteiger partial charge is 0.433 e. The summed E-state index contributed by atoms with van der Waals surface area (Å²) >= 11 is 6.01. The molecule has 2 atom stereocenters. The van der Waals surface area contributed by atoms with Crippen LogP contribution in [0.3, 0.4) is 0 Å². The Balaban J connectivity index is 1.62. The second-order valence-electron chi connectivity index (χ2n) is 6.65. The van der Waals surface area contributed by atoms with Gasteiger partial charge in [-0.15, -0.1) is 0 Å². The summed E-state index contributed by atoms with van der Waals surface area (Å²) in [7, 11) is 0. The van der Waals surface area contributed by atoms with Crippen molar-refractivity contribution >= 4 is 35.1 Å². The van der Waals surface area contributed by atoms with Crippen molar-refractivity contribution in [2.75, 3.05) is 5.32 Å². The zero-order chi connectivity index (χ0) is 19.1. The van der Waals surface area contributed by atoms with E-state index >= 15 is 0 Å². The van der Waals surface area contributed by atoms with E-state index in [1.54, 1.807) is 36.4 Å². The minimum atomic E-state index is -0.875. The third-order valence-electron chi connectivity index (χ3n) is 4.93. The van der Waals surface area contributed by atoms with Gasteiger partial charge in [-0.1, -0.05) is 35.9 Å². The number of ether oxygens (including phenoxy) is 1. The molecule has 4 rings (SSSR count). The summed E-state index contributed by atoms with van der Waals surface area (Å²) in [5, 5.41) is 3.35. The van der Waals surface area contributed by atoms with Crippen LogP contribution in [0.25, 0.3) is 0 Å². The molecule has 6 nitrogen and oxygen atoms in total. The third kappa shape index (κ3) is 3.06. The van der Waals surface area contributed by atoms with Crippen LogP contribution in [0.1, 0.15) is 40.6 Å². The van der Waals surface area contributed by atoms with Crippen LogP contribution in [0.4, 0.5) is 5.69 Å². The number of hydrogen-bond donors (Lipinski definition) is 1. The highest BCUT2D eigenvalue weighted by molar-refractivity contribution is 6.31. The molecule has 1 saturated heterocycles. The molecular formula is C20H17ClN2O4. The van der Waals surface area contributed by atoms with Gasteiger partial charge in [-0.2, -0.15) is 0 Å². The van der Waals surface area contributed by atoms with Gasteiger partial charge in [0.05, 0.1) is 5.56 Å². The molecule has 2 aliphatic rings. The molecule has 2 aliphatic heterocycles. The standard InChI is InChI=1S/C20H17ClN2O4/c1-11-6-7-12(21)10-15(11)22-18(25)16-8-9-17(24)23(16)19-13-4-2-3-5-14(13)20(26)27-19/h2-7,10,16,19H,8-9H2,1H3,(H,22,25)/t16-,19-/m1/s1. The first kappa shape index (κ1) is 17.5. The summed E-state index contributed by atoms with van der Waals surface area (Å²) in [5.41, 5.74) is 2.48. The molecule has 1 fully saturated rings. The number of benzene rings is 2. The SMILES string of the molecule is Cc1ccc(Cl)cc1NC(=O)[C@H]1CCC(=O)N1[C@@H]1OC(=O)c2ccccc21. The molecule has 0 aliphatic carbocycles. The van der Waals surface area contributed by atoms with Gasteiger partial charge in [0.1, 0.15) is 6.04 Å². The number of fused-ring (bicyclic) bond motifs is 1. The lowest BCUT2D eigenvalue weighted by Crippen LogP contribution is -2.44. The molecule has 2 aromatic carbocycles. The monoisotopic (exact) mass is 384 g/mol. The van der Waals surface area contributed by atoms with Crippen LogP contribution >= 0.6 is 11.6 Å². The summed E-state index contributed by atoms with van der Waals surface area (Å²) in [5.74, 6) is -1.03. The highest BCUT2D eigenvalue weighted by Gasteiger charge is 2.46. The van der Waals surface area contributed by atoms with Crippen LogP contribution in [0.15, 0.2) is 42.5 Å². The third-order valence-corrected chi connectivity index (χ3v) is 5.17. The van der Waals surface area contributed by atoms with Crippen LogP contribution in [-0.2, 0) is 14.3 Å². The number of carbonyl (C=O) groups excluding carboxylic acids is 3. The summed E-state index contributed by atoms with van der Waals surface area (Å²) in [6, 6.07) is 11.4. The Morgan fingerprint density at radius 1 is 1.22 bits per heavy atom. The molecule has 2 heterocycles. The van der Waals surface area contributed by atoms with Crippen LogP contribution < -0.4 is 5.32 Å². The maximum absolute atomic E-state index is 12.9. The Morgan fingerprint density at radius 2 is 2.00 bits per heavy atom. The summed E-state index contributed by atoms with van der Waals surface area (Å²) in [6.07, 6.45) is -0.288. The Kier molecular flexibility index (Phi) is 4.36. The van der Waals surface area contributed by atoms with Crippen LogP contribution in [-0.4, -0.2) is 28.7 Å². The van der Waals surface area contributed by atoms with Gasteiger partial charge in [-0.05, 0) is 37.1 Å². The van der Waals surface area contributed by atoms with Gasteiger partial charge in [0.25, 0.3) is 0 Å². The predicted molar refractivity (Wildman–Crippen MR) is 99.3 cm³/mol. The lowest BCUT2D eigenvalue weighted by Gasteiger charge is -2.29. The van der Waals surface area contributed by atoms with Crippen LogP contribution in [0.5, 0.6) is 0 Å². The number of nitrogens with zero attached hydrogens (tertiary/aromatic N) is 1. The van der Waals surface area contributed by atoms with Crippen molar-refractivity contribution in [1.82, 2.24) is 4.90 Å². The highest BCUT2D eigenvalue weighted by Crippen LogP contribution is 2.38. The fraction of sp³-hybridized carbons (Fsp3) is 0.250. The second kappa shape index (κ2) is 6.70. The number of esters is 1. The van der Waals surface area contributed by atoms with Gasteiger partial charge in [0, 0.05) is 22.7 Å². The maximum Gasteiger partial charge on any atom is 0.340 e. The van der Waals surface area contributed by atoms with Gasteiger partial charge in [-0.25, -0.2) is 4.79 Å². The van der Waals surface area contributed by atoms with E-state index < -0.39 is 18.2 Å². The molecule has 0 bridgehead atoms. The van der Waals surface area contributed by atoms with Gasteiger partial charge < -0.3 is 10.1 Å². The molecule has 2 amide bonds. The number of nitrogens with one attached hydrogen (secondary N) is 1. The normalized spacial score (nSPS) is 21.2. The topological polar surface area (TPSA) is 75.7 Å². The van der Waals surface area contributed by atoms with E-state index in [1.807, 2.05) is 13.0 Å². The molecule has 1 N–H and O–H groups in total. The Hall–Kier alpha value is -2.86. The highest BCUT2D eigenvalue weighted by atomic mass is 35.5. The van der Waals surface area contributed by atoms with E-state index in [-0.39, 0.29) is 18.2 Å². The number of halogens is 1. The first-order valence-electron chi connectivity index (χ1n) is 8.64. The second-order valence-corrected chi connectivity index (χ2v) is 7.09. The first-order chi connectivity index (χ1) is 13.0. The zero-order valence-electron chi connectivity index (χ0n) is 14.6. The minimum absolute atomic E-state index is 0.215. The Bertz CT molecular complexity index is 959. The van der Waals surface area contributed by atoms with E-state index in [1.165, 1.54) is 4.90 Å². The van der Waals surface area contributed by atoms with E-state index in [2.05, 4.69) is 5.32 Å². The summed E-state index contributed by atoms with van der Waals surface area (Å²) in [6.45, 7) is 1.86. The lowest BCUT2D eigenvalue weighted by atomic mass is 10.1. The number of rotatable bonds is 3. The predicted octanol–water partition coefficient (Wildman–Crippen LogP) is 3.45. The smallest absolute Gasteiger partial charge is 0.340 e. The Morgan fingerprint density at radius 3 is 2.81 bits per heavy atom. The van der Waals surface area contributed by atoms with Crippen molar-refractivity contribution in [2.45, 2.75) is 32.0 Å². The molecular weight excluding hydrogens is 368 g/mol. The summed E-state index contributed by atoms with van der Waals surface area (Å²) < 4.78 is 5.42.